The van der Waals surface area contributed by atoms with Crippen LogP contribution in [-0.4, -0.2) is 39.9 Å². The highest BCUT2D eigenvalue weighted by Gasteiger charge is 2.11. The van der Waals surface area contributed by atoms with E-state index in [1.165, 1.54) is 0 Å². The van der Waals surface area contributed by atoms with Gasteiger partial charge in [-0.25, -0.2) is 4.98 Å². The number of carbonyl (C=O) groups excluding carboxylic acids is 1. The second-order valence-corrected chi connectivity index (χ2v) is 3.75. The van der Waals surface area contributed by atoms with Crippen LogP contribution >= 0.6 is 0 Å². The summed E-state index contributed by atoms with van der Waals surface area (Å²) >= 11 is 0. The minimum atomic E-state index is -0.727. The van der Waals surface area contributed by atoms with Crippen LogP contribution in [0.2, 0.25) is 0 Å². The van der Waals surface area contributed by atoms with E-state index >= 15 is 0 Å². The molecule has 6 nitrogen and oxygen atoms in total. The number of aliphatic hydroxyl groups is 1. The Balaban J connectivity index is 2.18. The number of carbonyl (C=O) groups is 1. The van der Waals surface area contributed by atoms with E-state index in [1.807, 2.05) is 17.8 Å². The van der Waals surface area contributed by atoms with Gasteiger partial charge in [0.05, 0.1) is 25.7 Å². The summed E-state index contributed by atoms with van der Waals surface area (Å²) in [7, 11) is 1.90. The van der Waals surface area contributed by atoms with E-state index in [0.717, 1.165) is 5.82 Å². The monoisotopic (exact) mass is 241 g/mol. The van der Waals surface area contributed by atoms with Crippen molar-refractivity contribution in [3.8, 4) is 0 Å². The van der Waals surface area contributed by atoms with Crippen molar-refractivity contribution in [1.82, 2.24) is 14.9 Å². The van der Waals surface area contributed by atoms with Gasteiger partial charge in [0.1, 0.15) is 5.82 Å². The molecular formula is C11H19N3O3. The molecule has 0 bridgehead atoms. The number of aromatic nitrogens is 2. The third kappa shape index (κ3) is 4.97. The van der Waals surface area contributed by atoms with Gasteiger partial charge in [0.2, 0.25) is 0 Å². The lowest BCUT2D eigenvalue weighted by Crippen LogP contribution is -2.29. The topological polar surface area (TPSA) is 76.4 Å². The van der Waals surface area contributed by atoms with Crippen LogP contribution in [0.5, 0.6) is 0 Å². The molecule has 17 heavy (non-hydrogen) atoms. The van der Waals surface area contributed by atoms with E-state index in [1.54, 1.807) is 13.1 Å². The van der Waals surface area contributed by atoms with Gasteiger partial charge in [0.15, 0.2) is 0 Å². The van der Waals surface area contributed by atoms with Crippen LogP contribution in [0, 0.1) is 0 Å². The van der Waals surface area contributed by atoms with Gasteiger partial charge in [-0.2, -0.15) is 0 Å². The molecule has 0 saturated heterocycles. The fourth-order valence-electron chi connectivity index (χ4n) is 1.40. The van der Waals surface area contributed by atoms with Gasteiger partial charge >= 0.3 is 5.97 Å². The number of ether oxygens (including phenoxy) is 1. The van der Waals surface area contributed by atoms with Crippen molar-refractivity contribution in [1.29, 1.82) is 0 Å². The smallest absolute Gasteiger partial charge is 0.308 e. The molecule has 0 amide bonds. The number of esters is 1. The number of hydrogen-bond donors (Lipinski definition) is 2. The highest BCUT2D eigenvalue weighted by atomic mass is 16.5. The molecule has 1 heterocycles. The Morgan fingerprint density at radius 1 is 1.71 bits per heavy atom. The minimum Gasteiger partial charge on any atom is -0.466 e. The van der Waals surface area contributed by atoms with Gasteiger partial charge in [-0.05, 0) is 6.92 Å². The molecule has 1 aromatic rings. The summed E-state index contributed by atoms with van der Waals surface area (Å²) in [6.07, 6.45) is 2.86. The number of aliphatic hydroxyl groups excluding tert-OH is 1. The zero-order chi connectivity index (χ0) is 12.7. The summed E-state index contributed by atoms with van der Waals surface area (Å²) in [5.41, 5.74) is 0. The molecule has 1 rings (SSSR count). The van der Waals surface area contributed by atoms with Crippen LogP contribution in [0.4, 0.5) is 0 Å². The van der Waals surface area contributed by atoms with E-state index in [0.29, 0.717) is 19.7 Å². The number of hydrogen-bond acceptors (Lipinski definition) is 5. The molecule has 0 radical (unpaired) electrons. The van der Waals surface area contributed by atoms with Crippen LogP contribution in [0.3, 0.4) is 0 Å². The molecule has 2 N–H and O–H groups in total. The lowest BCUT2D eigenvalue weighted by Gasteiger charge is -2.11. The molecular weight excluding hydrogens is 222 g/mol. The first-order valence-corrected chi connectivity index (χ1v) is 5.64. The van der Waals surface area contributed by atoms with Crippen LogP contribution in [0.15, 0.2) is 12.4 Å². The highest BCUT2D eigenvalue weighted by Crippen LogP contribution is 1.96. The Kier molecular flexibility index (Phi) is 5.65. The second-order valence-electron chi connectivity index (χ2n) is 3.75. The third-order valence-electron chi connectivity index (χ3n) is 2.29. The molecule has 0 aliphatic carbocycles. The number of imidazole rings is 1. The maximum absolute atomic E-state index is 11.1. The van der Waals surface area contributed by atoms with Gasteiger partial charge < -0.3 is 19.7 Å². The number of rotatable bonds is 7. The third-order valence-corrected chi connectivity index (χ3v) is 2.29. The fraction of sp³-hybridized carbons (Fsp3) is 0.636. The summed E-state index contributed by atoms with van der Waals surface area (Å²) in [4.78, 5) is 15.2. The molecule has 96 valence electrons. The van der Waals surface area contributed by atoms with Crippen molar-refractivity contribution < 1.29 is 14.6 Å². The van der Waals surface area contributed by atoms with E-state index in [9.17, 15) is 9.90 Å². The second kappa shape index (κ2) is 7.03. The summed E-state index contributed by atoms with van der Waals surface area (Å²) < 4.78 is 6.63. The molecule has 0 fully saturated rings. The van der Waals surface area contributed by atoms with E-state index < -0.39 is 6.10 Å². The zero-order valence-corrected chi connectivity index (χ0v) is 10.2. The van der Waals surface area contributed by atoms with Crippen molar-refractivity contribution in [2.24, 2.45) is 7.05 Å². The van der Waals surface area contributed by atoms with Crippen LogP contribution in [0.1, 0.15) is 19.2 Å². The summed E-state index contributed by atoms with van der Waals surface area (Å²) in [6, 6.07) is 0. The Labute approximate surface area is 101 Å². The van der Waals surface area contributed by atoms with Gasteiger partial charge in [0, 0.05) is 26.0 Å². The van der Waals surface area contributed by atoms with Crippen LogP contribution < -0.4 is 5.32 Å². The van der Waals surface area contributed by atoms with Crippen molar-refractivity contribution in [2.75, 3.05) is 13.2 Å². The maximum atomic E-state index is 11.1. The molecule has 0 aromatic carbocycles. The molecule has 0 aliphatic heterocycles. The van der Waals surface area contributed by atoms with Gasteiger partial charge in [-0.15, -0.1) is 0 Å². The minimum absolute atomic E-state index is 0.0153. The largest absolute Gasteiger partial charge is 0.466 e. The molecule has 0 aliphatic rings. The van der Waals surface area contributed by atoms with Crippen molar-refractivity contribution in [3.05, 3.63) is 18.2 Å². The first kappa shape index (κ1) is 13.7. The lowest BCUT2D eigenvalue weighted by atomic mass is 10.2. The first-order valence-electron chi connectivity index (χ1n) is 5.64. The quantitative estimate of drug-likeness (QED) is 0.648. The Hall–Kier alpha value is -1.40. The van der Waals surface area contributed by atoms with Gasteiger partial charge in [-0.1, -0.05) is 0 Å². The normalized spacial score (nSPS) is 12.4. The fourth-order valence-corrected chi connectivity index (χ4v) is 1.40. The Morgan fingerprint density at radius 2 is 2.47 bits per heavy atom. The van der Waals surface area contributed by atoms with Gasteiger partial charge in [-0.3, -0.25) is 4.79 Å². The number of nitrogens with one attached hydrogen (secondary N) is 1. The van der Waals surface area contributed by atoms with Crippen molar-refractivity contribution >= 4 is 5.97 Å². The Morgan fingerprint density at radius 3 is 3.06 bits per heavy atom. The maximum Gasteiger partial charge on any atom is 0.308 e. The molecule has 1 unspecified atom stereocenters. The predicted octanol–water partition coefficient (Wildman–Crippen LogP) is -0.176. The van der Waals surface area contributed by atoms with Crippen molar-refractivity contribution in [3.63, 3.8) is 0 Å². The molecule has 0 spiro atoms. The van der Waals surface area contributed by atoms with E-state index in [2.05, 4.69) is 10.3 Å². The Bertz CT molecular complexity index is 351. The molecule has 6 heteroatoms. The van der Waals surface area contributed by atoms with Gasteiger partial charge in [0.25, 0.3) is 0 Å². The average Bonchev–Trinajstić information content (AvgIpc) is 2.64. The number of nitrogens with zero attached hydrogens (tertiary/aromatic N) is 2. The molecule has 1 aromatic heterocycles. The molecule has 0 saturated carbocycles. The highest BCUT2D eigenvalue weighted by molar-refractivity contribution is 5.69. The van der Waals surface area contributed by atoms with E-state index in [4.69, 9.17) is 4.74 Å². The predicted molar refractivity (Wildman–Crippen MR) is 62.2 cm³/mol. The molecule has 1 atom stereocenters. The summed E-state index contributed by atoms with van der Waals surface area (Å²) in [6.45, 7) is 2.98. The summed E-state index contributed by atoms with van der Waals surface area (Å²) in [5, 5.41) is 12.6. The van der Waals surface area contributed by atoms with E-state index in [-0.39, 0.29) is 12.4 Å². The van der Waals surface area contributed by atoms with Crippen LogP contribution in [0.25, 0.3) is 0 Å². The van der Waals surface area contributed by atoms with Crippen LogP contribution in [-0.2, 0) is 23.1 Å². The zero-order valence-electron chi connectivity index (χ0n) is 10.2. The number of aryl methyl sites for hydroxylation is 1. The standard InChI is InChI=1S/C11H19N3O3/c1-3-17-11(16)6-9(15)7-12-8-10-13-4-5-14(10)2/h4-5,9,12,15H,3,6-8H2,1-2H3. The SMILES string of the molecule is CCOC(=O)CC(O)CNCc1nccn1C. The first-order chi connectivity index (χ1) is 8.13. The van der Waals surface area contributed by atoms with Crippen molar-refractivity contribution in [2.45, 2.75) is 26.0 Å². The lowest BCUT2D eigenvalue weighted by molar-refractivity contribution is -0.145. The average molecular weight is 241 g/mol. The summed E-state index contributed by atoms with van der Waals surface area (Å²) in [5.74, 6) is 0.507.